The molecule has 2 aromatic carbocycles. The molecule has 5 aromatic rings. The third kappa shape index (κ3) is 4.27. The Morgan fingerprint density at radius 2 is 1.76 bits per heavy atom. The highest BCUT2D eigenvalue weighted by molar-refractivity contribution is 6.04. The van der Waals surface area contributed by atoms with Crippen molar-refractivity contribution in [2.75, 3.05) is 11.9 Å². The van der Waals surface area contributed by atoms with E-state index in [1.807, 2.05) is 55.5 Å². The highest BCUT2D eigenvalue weighted by Gasteiger charge is 2.12. The Morgan fingerprint density at radius 3 is 2.55 bits per heavy atom. The first-order chi connectivity index (χ1) is 16.2. The van der Waals surface area contributed by atoms with E-state index in [1.165, 1.54) is 0 Å². The minimum Gasteiger partial charge on any atom is -0.494 e. The second-order valence-corrected chi connectivity index (χ2v) is 7.24. The molecule has 8 nitrogen and oxygen atoms in total. The number of pyridine rings is 1. The van der Waals surface area contributed by atoms with Crippen molar-refractivity contribution in [2.24, 2.45) is 0 Å². The Balaban J connectivity index is 1.41. The van der Waals surface area contributed by atoms with Crippen LogP contribution < -0.4 is 10.1 Å². The molecule has 1 amide bonds. The lowest BCUT2D eigenvalue weighted by molar-refractivity contribution is 0.102. The Hall–Kier alpha value is -4.59. The van der Waals surface area contributed by atoms with Crippen molar-refractivity contribution in [2.45, 2.75) is 6.92 Å². The van der Waals surface area contributed by atoms with Crippen LogP contribution in [0.25, 0.3) is 28.3 Å². The molecule has 33 heavy (non-hydrogen) atoms. The SMILES string of the molecule is CCOc1ccc(C(=O)Nc2cccc(-c3ccc4nnc(-c5ccncc5)n4n3)c2)cc1. The molecule has 0 saturated carbocycles. The first-order valence-corrected chi connectivity index (χ1v) is 10.5. The van der Waals surface area contributed by atoms with Crippen molar-refractivity contribution in [1.29, 1.82) is 0 Å². The zero-order chi connectivity index (χ0) is 22.6. The van der Waals surface area contributed by atoms with E-state index in [4.69, 9.17) is 9.84 Å². The molecule has 0 aliphatic carbocycles. The quantitative estimate of drug-likeness (QED) is 0.421. The summed E-state index contributed by atoms with van der Waals surface area (Å²) in [4.78, 5) is 16.7. The number of aromatic nitrogens is 5. The van der Waals surface area contributed by atoms with Crippen molar-refractivity contribution >= 4 is 17.2 Å². The Bertz CT molecular complexity index is 1410. The smallest absolute Gasteiger partial charge is 0.255 e. The molecule has 8 heteroatoms. The number of amides is 1. The van der Waals surface area contributed by atoms with Crippen LogP contribution in [0.4, 0.5) is 5.69 Å². The van der Waals surface area contributed by atoms with Gasteiger partial charge in [-0.25, -0.2) is 0 Å². The minimum atomic E-state index is -0.197. The summed E-state index contributed by atoms with van der Waals surface area (Å²) in [7, 11) is 0. The van der Waals surface area contributed by atoms with Gasteiger partial charge in [0.15, 0.2) is 11.5 Å². The second-order valence-electron chi connectivity index (χ2n) is 7.24. The summed E-state index contributed by atoms with van der Waals surface area (Å²) in [6.45, 7) is 2.50. The number of hydrogen-bond acceptors (Lipinski definition) is 6. The molecule has 0 saturated heterocycles. The van der Waals surface area contributed by atoms with Gasteiger partial charge in [0.1, 0.15) is 5.75 Å². The van der Waals surface area contributed by atoms with Gasteiger partial charge in [0.05, 0.1) is 12.3 Å². The maximum Gasteiger partial charge on any atom is 0.255 e. The van der Waals surface area contributed by atoms with Crippen molar-refractivity contribution in [3.8, 4) is 28.4 Å². The van der Waals surface area contributed by atoms with Crippen molar-refractivity contribution < 1.29 is 9.53 Å². The van der Waals surface area contributed by atoms with Crippen molar-refractivity contribution in [3.63, 3.8) is 0 Å². The molecule has 1 N–H and O–H groups in total. The van der Waals surface area contributed by atoms with Crippen LogP contribution in [0.15, 0.2) is 85.2 Å². The molecule has 0 fully saturated rings. The van der Waals surface area contributed by atoms with E-state index < -0.39 is 0 Å². The van der Waals surface area contributed by atoms with Crippen LogP contribution in [0.5, 0.6) is 5.75 Å². The molecule has 162 valence electrons. The number of nitrogens with one attached hydrogen (secondary N) is 1. The zero-order valence-corrected chi connectivity index (χ0v) is 17.8. The lowest BCUT2D eigenvalue weighted by atomic mass is 10.1. The molecule has 0 bridgehead atoms. The minimum absolute atomic E-state index is 0.197. The normalized spacial score (nSPS) is 10.8. The monoisotopic (exact) mass is 436 g/mol. The number of ether oxygens (including phenoxy) is 1. The fraction of sp³-hybridized carbons (Fsp3) is 0.0800. The van der Waals surface area contributed by atoms with Crippen LogP contribution in [0.2, 0.25) is 0 Å². The predicted octanol–water partition coefficient (Wildman–Crippen LogP) is 4.50. The van der Waals surface area contributed by atoms with Gasteiger partial charge in [-0.1, -0.05) is 12.1 Å². The van der Waals surface area contributed by atoms with Crippen LogP contribution in [0.3, 0.4) is 0 Å². The summed E-state index contributed by atoms with van der Waals surface area (Å²) in [5.41, 5.74) is 4.33. The average Bonchev–Trinajstić information content (AvgIpc) is 3.29. The van der Waals surface area contributed by atoms with Crippen LogP contribution in [-0.4, -0.2) is 37.3 Å². The molecule has 3 heterocycles. The third-order valence-corrected chi connectivity index (χ3v) is 5.05. The zero-order valence-electron chi connectivity index (χ0n) is 17.8. The molecule has 0 aliphatic rings. The van der Waals surface area contributed by atoms with Gasteiger partial charge >= 0.3 is 0 Å². The number of carbonyl (C=O) groups is 1. The van der Waals surface area contributed by atoms with Gasteiger partial charge in [-0.15, -0.1) is 10.2 Å². The van der Waals surface area contributed by atoms with Crippen LogP contribution in [0.1, 0.15) is 17.3 Å². The molecule has 3 aromatic heterocycles. The van der Waals surface area contributed by atoms with E-state index in [0.717, 1.165) is 22.6 Å². The molecule has 0 aliphatic heterocycles. The summed E-state index contributed by atoms with van der Waals surface area (Å²) in [5, 5.41) is 16.1. The lowest BCUT2D eigenvalue weighted by Gasteiger charge is -2.09. The largest absolute Gasteiger partial charge is 0.494 e. The third-order valence-electron chi connectivity index (χ3n) is 5.05. The standard InChI is InChI=1S/C25H20N6O2/c1-2-33-21-8-6-18(7-9-21)25(32)27-20-5-3-4-19(16-20)22-10-11-23-28-29-24(31(23)30-22)17-12-14-26-15-13-17/h3-16H,2H2,1H3,(H,27,32). The summed E-state index contributed by atoms with van der Waals surface area (Å²) in [6.07, 6.45) is 3.41. The fourth-order valence-electron chi connectivity index (χ4n) is 3.45. The number of benzene rings is 2. The molecule has 0 spiro atoms. The molecule has 5 rings (SSSR count). The fourth-order valence-corrected chi connectivity index (χ4v) is 3.45. The number of hydrogen-bond donors (Lipinski definition) is 1. The molecular formula is C25H20N6O2. The van der Waals surface area contributed by atoms with E-state index in [0.29, 0.717) is 29.3 Å². The second kappa shape index (κ2) is 8.88. The van der Waals surface area contributed by atoms with Gasteiger partial charge in [-0.3, -0.25) is 9.78 Å². The lowest BCUT2D eigenvalue weighted by Crippen LogP contribution is -2.11. The van der Waals surface area contributed by atoms with E-state index in [9.17, 15) is 4.79 Å². The average molecular weight is 436 g/mol. The summed E-state index contributed by atoms with van der Waals surface area (Å²) in [5.74, 6) is 1.17. The summed E-state index contributed by atoms with van der Waals surface area (Å²) < 4.78 is 7.14. The van der Waals surface area contributed by atoms with Crippen LogP contribution in [-0.2, 0) is 0 Å². The first kappa shape index (κ1) is 20.3. The highest BCUT2D eigenvalue weighted by Crippen LogP contribution is 2.24. The Morgan fingerprint density at radius 1 is 0.939 bits per heavy atom. The van der Waals surface area contributed by atoms with Crippen molar-refractivity contribution in [1.82, 2.24) is 24.8 Å². The summed E-state index contributed by atoms with van der Waals surface area (Å²) in [6, 6.07) is 22.1. The number of anilines is 1. The highest BCUT2D eigenvalue weighted by atomic mass is 16.5. The van der Waals surface area contributed by atoms with Gasteiger partial charge in [0, 0.05) is 34.8 Å². The van der Waals surface area contributed by atoms with Gasteiger partial charge in [0.25, 0.3) is 5.91 Å². The predicted molar refractivity (Wildman–Crippen MR) is 125 cm³/mol. The topological polar surface area (TPSA) is 94.3 Å². The number of nitrogens with zero attached hydrogens (tertiary/aromatic N) is 5. The van der Waals surface area contributed by atoms with E-state index >= 15 is 0 Å². The van der Waals surface area contributed by atoms with Gasteiger partial charge < -0.3 is 10.1 Å². The number of fused-ring (bicyclic) bond motifs is 1. The van der Waals surface area contributed by atoms with Gasteiger partial charge in [-0.05, 0) is 67.6 Å². The maximum atomic E-state index is 12.7. The Kier molecular flexibility index (Phi) is 5.47. The number of rotatable bonds is 6. The van der Waals surface area contributed by atoms with Crippen LogP contribution in [0, 0.1) is 0 Å². The molecule has 0 unspecified atom stereocenters. The Labute approximate surface area is 189 Å². The number of carbonyl (C=O) groups excluding carboxylic acids is 1. The van der Waals surface area contributed by atoms with E-state index in [1.54, 1.807) is 41.2 Å². The van der Waals surface area contributed by atoms with Crippen LogP contribution >= 0.6 is 0 Å². The van der Waals surface area contributed by atoms with Crippen molar-refractivity contribution in [3.05, 3.63) is 90.8 Å². The summed E-state index contributed by atoms with van der Waals surface area (Å²) >= 11 is 0. The van der Waals surface area contributed by atoms with E-state index in [2.05, 4.69) is 20.5 Å². The van der Waals surface area contributed by atoms with E-state index in [-0.39, 0.29) is 5.91 Å². The molecule has 0 atom stereocenters. The molecule has 0 radical (unpaired) electrons. The van der Waals surface area contributed by atoms with Gasteiger partial charge in [-0.2, -0.15) is 9.61 Å². The first-order valence-electron chi connectivity index (χ1n) is 10.5. The maximum absolute atomic E-state index is 12.7. The molecular weight excluding hydrogens is 416 g/mol. The van der Waals surface area contributed by atoms with Gasteiger partial charge in [0.2, 0.25) is 0 Å².